The normalized spacial score (nSPS) is 21.0. The summed E-state index contributed by atoms with van der Waals surface area (Å²) in [5.41, 5.74) is 5.12. The second-order valence-corrected chi connectivity index (χ2v) is 7.46. The molecule has 5 rings (SSSR count). The molecule has 1 aromatic carbocycles. The summed E-state index contributed by atoms with van der Waals surface area (Å²) in [6, 6.07) is 17.9. The Balaban J connectivity index is 1.30. The molecule has 0 saturated carbocycles. The third-order valence-electron chi connectivity index (χ3n) is 5.75. The summed E-state index contributed by atoms with van der Waals surface area (Å²) in [6.45, 7) is 1.51. The van der Waals surface area contributed by atoms with Gasteiger partial charge in [-0.05, 0) is 48.2 Å². The lowest BCUT2D eigenvalue weighted by atomic mass is 9.97. The summed E-state index contributed by atoms with van der Waals surface area (Å²) in [4.78, 5) is 11.4. The SMILES string of the molecule is c1cncc(COc2cccc(CN3C4CCC3c3cccnc3C4)c2)c1. The van der Waals surface area contributed by atoms with Gasteiger partial charge in [0, 0.05) is 54.9 Å². The van der Waals surface area contributed by atoms with E-state index in [1.165, 1.54) is 29.7 Å². The lowest BCUT2D eigenvalue weighted by molar-refractivity contribution is 0.166. The van der Waals surface area contributed by atoms with Gasteiger partial charge in [-0.25, -0.2) is 0 Å². The number of ether oxygens (including phenoxy) is 1. The molecule has 4 heteroatoms. The Labute approximate surface area is 159 Å². The van der Waals surface area contributed by atoms with Crippen LogP contribution < -0.4 is 4.74 Å². The quantitative estimate of drug-likeness (QED) is 0.682. The Hall–Kier alpha value is -2.72. The maximum atomic E-state index is 5.98. The van der Waals surface area contributed by atoms with Crippen molar-refractivity contribution in [3.8, 4) is 5.75 Å². The fourth-order valence-electron chi connectivity index (χ4n) is 4.47. The fraction of sp³-hybridized carbons (Fsp3) is 0.304. The van der Waals surface area contributed by atoms with Crippen LogP contribution in [0.5, 0.6) is 5.75 Å². The van der Waals surface area contributed by atoms with Gasteiger partial charge in [-0.3, -0.25) is 14.9 Å². The number of aromatic nitrogens is 2. The monoisotopic (exact) mass is 357 g/mol. The van der Waals surface area contributed by atoms with Crippen molar-refractivity contribution < 1.29 is 4.74 Å². The lowest BCUT2D eigenvalue weighted by Crippen LogP contribution is -2.37. The number of hydrogen-bond acceptors (Lipinski definition) is 4. The molecule has 27 heavy (non-hydrogen) atoms. The average molecular weight is 357 g/mol. The zero-order chi connectivity index (χ0) is 18.1. The van der Waals surface area contributed by atoms with Gasteiger partial charge in [-0.15, -0.1) is 0 Å². The highest BCUT2D eigenvalue weighted by Crippen LogP contribution is 2.43. The number of fused-ring (bicyclic) bond motifs is 4. The van der Waals surface area contributed by atoms with Crippen LogP contribution >= 0.6 is 0 Å². The van der Waals surface area contributed by atoms with Crippen molar-refractivity contribution in [1.82, 2.24) is 14.9 Å². The molecule has 4 heterocycles. The van der Waals surface area contributed by atoms with Gasteiger partial charge in [0.25, 0.3) is 0 Å². The van der Waals surface area contributed by atoms with Crippen LogP contribution in [0.2, 0.25) is 0 Å². The van der Waals surface area contributed by atoms with Gasteiger partial charge in [-0.1, -0.05) is 24.3 Å². The van der Waals surface area contributed by atoms with Gasteiger partial charge in [0.1, 0.15) is 12.4 Å². The zero-order valence-corrected chi connectivity index (χ0v) is 15.3. The molecule has 2 aromatic heterocycles. The predicted octanol–water partition coefficient (Wildman–Crippen LogP) is 4.32. The van der Waals surface area contributed by atoms with Crippen molar-refractivity contribution in [3.05, 3.63) is 89.5 Å². The molecular weight excluding hydrogens is 334 g/mol. The van der Waals surface area contributed by atoms with Crippen LogP contribution in [-0.4, -0.2) is 20.9 Å². The first-order chi connectivity index (χ1) is 13.4. The first-order valence-electron chi connectivity index (χ1n) is 9.67. The summed E-state index contributed by atoms with van der Waals surface area (Å²) in [5.74, 6) is 0.919. The van der Waals surface area contributed by atoms with Crippen LogP contribution in [0.3, 0.4) is 0 Å². The van der Waals surface area contributed by atoms with E-state index in [4.69, 9.17) is 4.74 Å². The summed E-state index contributed by atoms with van der Waals surface area (Å²) in [5, 5.41) is 0. The van der Waals surface area contributed by atoms with Crippen molar-refractivity contribution in [2.75, 3.05) is 0 Å². The van der Waals surface area contributed by atoms with Gasteiger partial charge >= 0.3 is 0 Å². The third-order valence-corrected chi connectivity index (χ3v) is 5.75. The van der Waals surface area contributed by atoms with Crippen molar-refractivity contribution in [2.24, 2.45) is 0 Å². The Bertz CT molecular complexity index is 928. The van der Waals surface area contributed by atoms with Gasteiger partial charge in [0.15, 0.2) is 0 Å². The van der Waals surface area contributed by atoms with E-state index in [9.17, 15) is 0 Å². The molecule has 1 fully saturated rings. The minimum absolute atomic E-state index is 0.507. The molecule has 2 unspecified atom stereocenters. The van der Waals surface area contributed by atoms with Crippen LogP contribution in [0.4, 0.5) is 0 Å². The Morgan fingerprint density at radius 1 is 1.00 bits per heavy atom. The smallest absolute Gasteiger partial charge is 0.120 e. The number of benzene rings is 1. The highest BCUT2D eigenvalue weighted by atomic mass is 16.5. The standard InChI is InChI=1S/C23H23N3O/c1-4-17(12-20(6-1)27-16-18-5-2-10-24-14-18)15-26-19-8-9-23(26)21-7-3-11-25-22(21)13-19/h1-7,10-12,14,19,23H,8-9,13,15-16H2. The minimum Gasteiger partial charge on any atom is -0.489 e. The highest BCUT2D eigenvalue weighted by molar-refractivity contribution is 5.32. The first kappa shape index (κ1) is 16.5. The van der Waals surface area contributed by atoms with E-state index in [1.807, 2.05) is 30.6 Å². The largest absolute Gasteiger partial charge is 0.489 e. The number of hydrogen-bond donors (Lipinski definition) is 0. The van der Waals surface area contributed by atoms with Crippen LogP contribution in [-0.2, 0) is 19.6 Å². The van der Waals surface area contributed by atoms with Crippen molar-refractivity contribution in [2.45, 2.75) is 44.5 Å². The van der Waals surface area contributed by atoms with Crippen molar-refractivity contribution in [3.63, 3.8) is 0 Å². The molecule has 3 aromatic rings. The summed E-state index contributed by atoms with van der Waals surface area (Å²) < 4.78 is 5.98. The lowest BCUT2D eigenvalue weighted by Gasteiger charge is -2.35. The van der Waals surface area contributed by atoms with Gasteiger partial charge in [0.2, 0.25) is 0 Å². The zero-order valence-electron chi connectivity index (χ0n) is 15.3. The topological polar surface area (TPSA) is 38.2 Å². The van der Waals surface area contributed by atoms with E-state index >= 15 is 0 Å². The number of rotatable bonds is 5. The molecule has 2 aliphatic heterocycles. The van der Waals surface area contributed by atoms with Gasteiger partial charge < -0.3 is 4.74 Å². The molecule has 136 valence electrons. The van der Waals surface area contributed by atoms with E-state index in [0.29, 0.717) is 18.7 Å². The second-order valence-electron chi connectivity index (χ2n) is 7.46. The maximum absolute atomic E-state index is 5.98. The summed E-state index contributed by atoms with van der Waals surface area (Å²) in [7, 11) is 0. The molecule has 4 nitrogen and oxygen atoms in total. The number of nitrogens with zero attached hydrogens (tertiary/aromatic N) is 3. The number of pyridine rings is 2. The van der Waals surface area contributed by atoms with E-state index in [1.54, 1.807) is 6.20 Å². The Morgan fingerprint density at radius 2 is 1.93 bits per heavy atom. The molecule has 0 radical (unpaired) electrons. The first-order valence-corrected chi connectivity index (χ1v) is 9.67. The second kappa shape index (κ2) is 7.12. The van der Waals surface area contributed by atoms with Crippen molar-refractivity contribution in [1.29, 1.82) is 0 Å². The van der Waals surface area contributed by atoms with Crippen LogP contribution in [0, 0.1) is 0 Å². The molecule has 1 saturated heterocycles. The summed E-state index contributed by atoms with van der Waals surface area (Å²) in [6.07, 6.45) is 9.13. The van der Waals surface area contributed by atoms with Crippen LogP contribution in [0.1, 0.15) is 41.3 Å². The minimum atomic E-state index is 0.507. The molecule has 2 bridgehead atoms. The Morgan fingerprint density at radius 3 is 2.85 bits per heavy atom. The van der Waals surface area contributed by atoms with E-state index < -0.39 is 0 Å². The van der Waals surface area contributed by atoms with Crippen LogP contribution in [0.25, 0.3) is 0 Å². The third kappa shape index (κ3) is 3.33. The van der Waals surface area contributed by atoms with E-state index in [2.05, 4.69) is 45.2 Å². The maximum Gasteiger partial charge on any atom is 0.120 e. The molecule has 0 spiro atoms. The Kier molecular flexibility index (Phi) is 4.34. The van der Waals surface area contributed by atoms with Crippen LogP contribution in [0.15, 0.2) is 67.1 Å². The van der Waals surface area contributed by atoms with Crippen molar-refractivity contribution >= 4 is 0 Å². The predicted molar refractivity (Wildman–Crippen MR) is 104 cm³/mol. The fourth-order valence-corrected chi connectivity index (χ4v) is 4.47. The van der Waals surface area contributed by atoms with Gasteiger partial charge in [-0.2, -0.15) is 0 Å². The van der Waals surface area contributed by atoms with E-state index in [-0.39, 0.29) is 0 Å². The molecule has 0 aliphatic carbocycles. The highest BCUT2D eigenvalue weighted by Gasteiger charge is 2.40. The summed E-state index contributed by atoms with van der Waals surface area (Å²) >= 11 is 0. The average Bonchev–Trinajstić information content (AvgIpc) is 2.99. The molecule has 2 atom stereocenters. The molecular formula is C23H23N3O. The molecule has 0 N–H and O–H groups in total. The van der Waals surface area contributed by atoms with E-state index in [0.717, 1.165) is 24.3 Å². The van der Waals surface area contributed by atoms with Gasteiger partial charge in [0.05, 0.1) is 0 Å². The molecule has 0 amide bonds. The molecule has 2 aliphatic rings.